The highest BCUT2D eigenvalue weighted by molar-refractivity contribution is 6.02. The van der Waals surface area contributed by atoms with Gasteiger partial charge in [-0.15, -0.1) is 0 Å². The first kappa shape index (κ1) is 19.0. The van der Waals surface area contributed by atoms with Crippen LogP contribution in [0.1, 0.15) is 29.6 Å². The molecule has 0 aromatic heterocycles. The van der Waals surface area contributed by atoms with Gasteiger partial charge in [-0.3, -0.25) is 19.3 Å². The van der Waals surface area contributed by atoms with Crippen molar-refractivity contribution >= 4 is 23.4 Å². The molecule has 4 N–H and O–H groups in total. The van der Waals surface area contributed by atoms with Gasteiger partial charge >= 0.3 is 0 Å². The fourth-order valence-corrected chi connectivity index (χ4v) is 5.42. The molecule has 3 aliphatic heterocycles. The summed E-state index contributed by atoms with van der Waals surface area (Å²) in [5, 5.41) is 9.33. The van der Waals surface area contributed by atoms with Crippen molar-refractivity contribution < 1.29 is 14.4 Å². The first-order valence-corrected chi connectivity index (χ1v) is 10.3. The van der Waals surface area contributed by atoms with E-state index in [1.54, 1.807) is 34.1 Å². The van der Waals surface area contributed by atoms with Gasteiger partial charge < -0.3 is 21.3 Å². The van der Waals surface area contributed by atoms with Crippen LogP contribution in [-0.4, -0.2) is 70.8 Å². The molecule has 5 rings (SSSR count). The van der Waals surface area contributed by atoms with Crippen molar-refractivity contribution in [3.8, 4) is 6.07 Å². The minimum Gasteiger partial charge on any atom is -0.366 e. The molecule has 0 radical (unpaired) electrons. The van der Waals surface area contributed by atoms with Crippen molar-refractivity contribution in [3.05, 3.63) is 29.8 Å². The van der Waals surface area contributed by atoms with Crippen LogP contribution < -0.4 is 16.4 Å². The number of hydrogen-bond donors (Lipinski definition) is 2. The molecule has 2 bridgehead atoms. The third-order valence-corrected chi connectivity index (χ3v) is 6.93. The van der Waals surface area contributed by atoms with E-state index in [9.17, 15) is 19.6 Å². The predicted molar refractivity (Wildman–Crippen MR) is 107 cm³/mol. The summed E-state index contributed by atoms with van der Waals surface area (Å²) >= 11 is 0. The Morgan fingerprint density at radius 1 is 1.27 bits per heavy atom. The van der Waals surface area contributed by atoms with Gasteiger partial charge in [-0.05, 0) is 43.4 Å². The smallest absolute Gasteiger partial charge is 0.248 e. The molecule has 9 nitrogen and oxygen atoms in total. The van der Waals surface area contributed by atoms with Gasteiger partial charge in [-0.2, -0.15) is 5.26 Å². The summed E-state index contributed by atoms with van der Waals surface area (Å²) in [5.74, 6) is -0.325. The van der Waals surface area contributed by atoms with Gasteiger partial charge in [0.15, 0.2) is 0 Å². The fraction of sp³-hybridized carbons (Fsp3) is 0.524. The number of benzene rings is 1. The summed E-state index contributed by atoms with van der Waals surface area (Å²) in [5.41, 5.74) is 12.6. The summed E-state index contributed by atoms with van der Waals surface area (Å²) in [4.78, 5) is 42.8. The summed E-state index contributed by atoms with van der Waals surface area (Å²) in [6, 6.07) is 7.67. The normalized spacial score (nSPS) is 32.8. The van der Waals surface area contributed by atoms with Crippen LogP contribution >= 0.6 is 0 Å². The zero-order chi connectivity index (χ0) is 21.2. The number of carbonyl (C=O) groups is 3. The topological polar surface area (TPSA) is 137 Å². The number of likely N-dealkylation sites (tertiary alicyclic amines) is 2. The lowest BCUT2D eigenvalue weighted by Gasteiger charge is -2.35. The fourth-order valence-electron chi connectivity index (χ4n) is 5.42. The lowest BCUT2D eigenvalue weighted by molar-refractivity contribution is -0.135. The lowest BCUT2D eigenvalue weighted by Crippen LogP contribution is -2.57. The number of piperazine rings is 1. The Bertz CT molecular complexity index is 974. The van der Waals surface area contributed by atoms with Crippen LogP contribution in [0, 0.1) is 17.2 Å². The molecule has 30 heavy (non-hydrogen) atoms. The first-order chi connectivity index (χ1) is 14.4. The highest BCUT2D eigenvalue weighted by atomic mass is 16.2. The Morgan fingerprint density at radius 2 is 2.07 bits per heavy atom. The Labute approximate surface area is 174 Å². The summed E-state index contributed by atoms with van der Waals surface area (Å²) in [6.07, 6.45) is 2.37. The molecule has 4 fully saturated rings. The third kappa shape index (κ3) is 2.87. The number of amides is 3. The number of nitrogens with zero attached hydrogens (tertiary/aromatic N) is 4. The minimum atomic E-state index is -0.751. The van der Waals surface area contributed by atoms with E-state index in [0.29, 0.717) is 36.7 Å². The quantitative estimate of drug-likeness (QED) is 0.668. The number of carbonyl (C=O) groups excluding carboxylic acids is 3. The molecule has 1 unspecified atom stereocenters. The van der Waals surface area contributed by atoms with Crippen LogP contribution in [0.25, 0.3) is 0 Å². The molecule has 1 aromatic carbocycles. The molecule has 6 atom stereocenters. The van der Waals surface area contributed by atoms with E-state index in [4.69, 9.17) is 11.5 Å². The van der Waals surface area contributed by atoms with E-state index >= 15 is 0 Å². The monoisotopic (exact) mass is 408 g/mol. The van der Waals surface area contributed by atoms with Gasteiger partial charge in [0.25, 0.3) is 0 Å². The average Bonchev–Trinajstić information content (AvgIpc) is 3.07. The summed E-state index contributed by atoms with van der Waals surface area (Å²) in [6.45, 7) is 0.916. The van der Waals surface area contributed by atoms with Gasteiger partial charge in [-0.1, -0.05) is 6.07 Å². The standard InChI is InChI=1S/C21H24N6O3/c22-8-14-5-12-6-17(12)27(14)20(29)16(23)10-25-9-15-7-18(25)21(30)26(15)13-3-1-2-11(4-13)19(24)28/h1-4,12,14-18H,5-7,9-10,23H2,(H2,24,28)/t12?,14-,15+,16-,17-,18+/m0/s1. The second-order valence-corrected chi connectivity index (χ2v) is 8.78. The maximum Gasteiger partial charge on any atom is 0.248 e. The van der Waals surface area contributed by atoms with Crippen LogP contribution in [0.3, 0.4) is 0 Å². The minimum absolute atomic E-state index is 0.0283. The highest BCUT2D eigenvalue weighted by Crippen LogP contribution is 2.47. The van der Waals surface area contributed by atoms with E-state index < -0.39 is 11.9 Å². The zero-order valence-corrected chi connectivity index (χ0v) is 16.5. The van der Waals surface area contributed by atoms with Crippen molar-refractivity contribution in [1.29, 1.82) is 5.26 Å². The van der Waals surface area contributed by atoms with E-state index in [1.807, 2.05) is 4.90 Å². The van der Waals surface area contributed by atoms with Crippen molar-refractivity contribution in [2.24, 2.45) is 17.4 Å². The first-order valence-electron chi connectivity index (χ1n) is 10.3. The Kier molecular flexibility index (Phi) is 4.31. The number of primary amides is 1. The van der Waals surface area contributed by atoms with Gasteiger partial charge in [0.05, 0.1) is 24.2 Å². The van der Waals surface area contributed by atoms with Crippen LogP contribution in [0.4, 0.5) is 5.69 Å². The molecule has 9 heteroatoms. The SMILES string of the molecule is N#C[C@@H]1CC2C[C@@H]2N1C(=O)[C@@H](N)CN1C[C@H]2C[C@@H]1C(=O)N2c1cccc(C(N)=O)c1. The van der Waals surface area contributed by atoms with Crippen LogP contribution in [0.5, 0.6) is 0 Å². The van der Waals surface area contributed by atoms with Crippen LogP contribution in [-0.2, 0) is 9.59 Å². The Balaban J connectivity index is 1.26. The van der Waals surface area contributed by atoms with Crippen molar-refractivity contribution in [3.63, 3.8) is 0 Å². The number of nitriles is 1. The van der Waals surface area contributed by atoms with Crippen molar-refractivity contribution in [2.45, 2.75) is 49.5 Å². The van der Waals surface area contributed by atoms with Gasteiger partial charge in [-0.25, -0.2) is 0 Å². The van der Waals surface area contributed by atoms with Crippen LogP contribution in [0.15, 0.2) is 24.3 Å². The molecule has 3 saturated heterocycles. The summed E-state index contributed by atoms with van der Waals surface area (Å²) < 4.78 is 0. The van der Waals surface area contributed by atoms with E-state index in [-0.39, 0.29) is 36.0 Å². The van der Waals surface area contributed by atoms with Gasteiger partial charge in [0.1, 0.15) is 6.04 Å². The zero-order valence-electron chi connectivity index (χ0n) is 16.5. The third-order valence-electron chi connectivity index (χ3n) is 6.93. The predicted octanol–water partition coefficient (Wildman–Crippen LogP) is -0.585. The molecular weight excluding hydrogens is 384 g/mol. The van der Waals surface area contributed by atoms with Crippen molar-refractivity contribution in [1.82, 2.24) is 9.80 Å². The highest BCUT2D eigenvalue weighted by Gasteiger charge is 2.55. The van der Waals surface area contributed by atoms with E-state index in [2.05, 4.69) is 6.07 Å². The second kappa shape index (κ2) is 6.79. The van der Waals surface area contributed by atoms with Crippen LogP contribution in [0.2, 0.25) is 0 Å². The number of piperidine rings is 1. The molecular formula is C21H24N6O3. The number of anilines is 1. The van der Waals surface area contributed by atoms with Crippen molar-refractivity contribution in [2.75, 3.05) is 18.0 Å². The number of fused-ring (bicyclic) bond motifs is 3. The largest absolute Gasteiger partial charge is 0.366 e. The molecule has 4 aliphatic rings. The van der Waals surface area contributed by atoms with Gasteiger partial charge in [0.2, 0.25) is 17.7 Å². The molecule has 1 aliphatic carbocycles. The van der Waals surface area contributed by atoms with E-state index in [1.165, 1.54) is 0 Å². The molecule has 3 amide bonds. The molecule has 1 saturated carbocycles. The summed E-state index contributed by atoms with van der Waals surface area (Å²) in [7, 11) is 0. The van der Waals surface area contributed by atoms with E-state index in [0.717, 1.165) is 12.8 Å². The number of hydrogen-bond acceptors (Lipinski definition) is 6. The molecule has 1 aromatic rings. The maximum atomic E-state index is 13.0. The molecule has 3 heterocycles. The molecule has 0 spiro atoms. The number of nitrogens with two attached hydrogens (primary N) is 2. The second-order valence-electron chi connectivity index (χ2n) is 8.78. The van der Waals surface area contributed by atoms with Gasteiger partial charge in [0, 0.05) is 30.4 Å². The Morgan fingerprint density at radius 3 is 2.77 bits per heavy atom. The Hall–Kier alpha value is -2.96. The average molecular weight is 408 g/mol. The molecule has 156 valence electrons. The maximum absolute atomic E-state index is 13.0. The lowest BCUT2D eigenvalue weighted by atomic mass is 10.1. The number of rotatable bonds is 5.